The standard InChI is InChI=1S/C14H19F3OS/c1-13(2,3)9-8-12(18)10-4-6-11(7-5-10)19-14(15,16)17/h4-7,12,18H,8-9H2,1-3H3. The van der Waals surface area contributed by atoms with Gasteiger partial charge in [-0.1, -0.05) is 32.9 Å². The van der Waals surface area contributed by atoms with Gasteiger partial charge in [0.1, 0.15) is 0 Å². The highest BCUT2D eigenvalue weighted by Gasteiger charge is 2.29. The van der Waals surface area contributed by atoms with Crippen LogP contribution < -0.4 is 0 Å². The van der Waals surface area contributed by atoms with E-state index in [1.807, 2.05) is 0 Å². The molecule has 0 spiro atoms. The first-order valence-corrected chi connectivity index (χ1v) is 6.92. The van der Waals surface area contributed by atoms with E-state index in [0.29, 0.717) is 12.0 Å². The largest absolute Gasteiger partial charge is 0.446 e. The normalized spacial score (nSPS) is 14.5. The predicted octanol–water partition coefficient (Wildman–Crippen LogP) is 5.16. The summed E-state index contributed by atoms with van der Waals surface area (Å²) in [5.74, 6) is 0. The highest BCUT2D eigenvalue weighted by molar-refractivity contribution is 8.00. The van der Waals surface area contributed by atoms with Gasteiger partial charge in [-0.05, 0) is 47.7 Å². The molecule has 19 heavy (non-hydrogen) atoms. The third-order valence-corrected chi connectivity index (χ3v) is 3.41. The van der Waals surface area contributed by atoms with Crippen LogP contribution in [0.4, 0.5) is 13.2 Å². The summed E-state index contributed by atoms with van der Waals surface area (Å²) in [6, 6.07) is 5.91. The molecule has 1 atom stereocenters. The van der Waals surface area contributed by atoms with Crippen LogP contribution in [-0.4, -0.2) is 10.6 Å². The Morgan fingerprint density at radius 1 is 1.11 bits per heavy atom. The lowest BCUT2D eigenvalue weighted by Gasteiger charge is -2.20. The zero-order chi connectivity index (χ0) is 14.7. The number of benzene rings is 1. The van der Waals surface area contributed by atoms with Crippen LogP contribution in [0.25, 0.3) is 0 Å². The van der Waals surface area contributed by atoms with Crippen molar-refractivity contribution in [2.45, 2.75) is 50.1 Å². The number of aliphatic hydroxyl groups is 1. The van der Waals surface area contributed by atoms with Gasteiger partial charge in [0.05, 0.1) is 6.10 Å². The number of halogens is 3. The predicted molar refractivity (Wildman–Crippen MR) is 72.0 cm³/mol. The molecule has 0 aliphatic rings. The topological polar surface area (TPSA) is 20.2 Å². The lowest BCUT2D eigenvalue weighted by molar-refractivity contribution is -0.0328. The van der Waals surface area contributed by atoms with E-state index in [0.717, 1.165) is 6.42 Å². The molecule has 1 rings (SSSR count). The van der Waals surface area contributed by atoms with Crippen molar-refractivity contribution in [1.82, 2.24) is 0 Å². The molecule has 1 N–H and O–H groups in total. The van der Waals surface area contributed by atoms with E-state index in [1.165, 1.54) is 12.1 Å². The monoisotopic (exact) mass is 292 g/mol. The molecule has 0 saturated heterocycles. The molecule has 1 aromatic carbocycles. The van der Waals surface area contributed by atoms with E-state index in [9.17, 15) is 18.3 Å². The summed E-state index contributed by atoms with van der Waals surface area (Å²) in [6.45, 7) is 6.26. The Bertz CT molecular complexity index is 393. The summed E-state index contributed by atoms with van der Waals surface area (Å²) < 4.78 is 36.5. The molecule has 1 aromatic rings. The van der Waals surface area contributed by atoms with Crippen LogP contribution in [0, 0.1) is 5.41 Å². The van der Waals surface area contributed by atoms with Crippen LogP contribution in [0.2, 0.25) is 0 Å². The van der Waals surface area contributed by atoms with Gasteiger partial charge in [0.2, 0.25) is 0 Å². The van der Waals surface area contributed by atoms with Gasteiger partial charge >= 0.3 is 5.51 Å². The second-order valence-corrected chi connectivity index (χ2v) is 6.87. The molecular weight excluding hydrogens is 273 g/mol. The van der Waals surface area contributed by atoms with Crippen molar-refractivity contribution >= 4 is 11.8 Å². The first-order chi connectivity index (χ1) is 8.57. The fourth-order valence-electron chi connectivity index (χ4n) is 1.63. The maximum Gasteiger partial charge on any atom is 0.446 e. The number of thioether (sulfide) groups is 1. The molecule has 0 amide bonds. The van der Waals surface area contributed by atoms with Crippen molar-refractivity contribution < 1.29 is 18.3 Å². The molecule has 108 valence electrons. The van der Waals surface area contributed by atoms with Crippen LogP contribution in [0.15, 0.2) is 29.2 Å². The van der Waals surface area contributed by atoms with Crippen molar-refractivity contribution in [3.05, 3.63) is 29.8 Å². The summed E-state index contributed by atoms with van der Waals surface area (Å²) in [6.07, 6.45) is 0.840. The molecule has 0 radical (unpaired) electrons. The van der Waals surface area contributed by atoms with Crippen molar-refractivity contribution in [1.29, 1.82) is 0 Å². The number of rotatable bonds is 4. The van der Waals surface area contributed by atoms with Crippen molar-refractivity contribution in [3.63, 3.8) is 0 Å². The lowest BCUT2D eigenvalue weighted by atomic mass is 9.88. The summed E-state index contributed by atoms with van der Waals surface area (Å²) in [4.78, 5) is 0.138. The summed E-state index contributed by atoms with van der Waals surface area (Å²) in [7, 11) is 0. The Morgan fingerprint density at radius 2 is 1.63 bits per heavy atom. The molecule has 5 heteroatoms. The molecule has 0 saturated carbocycles. The average molecular weight is 292 g/mol. The minimum Gasteiger partial charge on any atom is -0.388 e. The average Bonchev–Trinajstić information content (AvgIpc) is 2.23. The zero-order valence-corrected chi connectivity index (χ0v) is 12.1. The Labute approximate surface area is 116 Å². The Hall–Kier alpha value is -0.680. The number of aliphatic hydroxyl groups excluding tert-OH is 1. The molecule has 1 nitrogen and oxygen atoms in total. The first-order valence-electron chi connectivity index (χ1n) is 6.11. The van der Waals surface area contributed by atoms with Crippen LogP contribution in [0.1, 0.15) is 45.3 Å². The van der Waals surface area contributed by atoms with Crippen molar-refractivity contribution in [2.24, 2.45) is 5.41 Å². The van der Waals surface area contributed by atoms with Crippen LogP contribution >= 0.6 is 11.8 Å². The van der Waals surface area contributed by atoms with Crippen molar-refractivity contribution in [3.8, 4) is 0 Å². The van der Waals surface area contributed by atoms with Gasteiger partial charge in [0.25, 0.3) is 0 Å². The Balaban J connectivity index is 2.60. The summed E-state index contributed by atoms with van der Waals surface area (Å²) >= 11 is -0.143. The van der Waals surface area contributed by atoms with Gasteiger partial charge in [0, 0.05) is 4.90 Å². The third kappa shape index (κ3) is 6.87. The van der Waals surface area contributed by atoms with Gasteiger partial charge < -0.3 is 5.11 Å². The molecule has 0 bridgehead atoms. The highest BCUT2D eigenvalue weighted by Crippen LogP contribution is 2.37. The van der Waals surface area contributed by atoms with Gasteiger partial charge in [0.15, 0.2) is 0 Å². The fraction of sp³-hybridized carbons (Fsp3) is 0.571. The molecule has 0 aliphatic heterocycles. The van der Waals surface area contributed by atoms with Gasteiger partial charge in [-0.3, -0.25) is 0 Å². The number of hydrogen-bond acceptors (Lipinski definition) is 2. The second kappa shape index (κ2) is 6.18. The summed E-state index contributed by atoms with van der Waals surface area (Å²) in [5, 5.41) is 9.98. The minimum absolute atomic E-state index is 0.132. The van der Waals surface area contributed by atoms with Crippen LogP contribution in [0.5, 0.6) is 0 Å². The van der Waals surface area contributed by atoms with E-state index in [4.69, 9.17) is 0 Å². The maximum atomic E-state index is 12.2. The molecule has 0 aromatic heterocycles. The summed E-state index contributed by atoms with van der Waals surface area (Å²) in [5.41, 5.74) is -3.48. The molecule has 0 fully saturated rings. The Kier molecular flexibility index (Phi) is 5.33. The smallest absolute Gasteiger partial charge is 0.388 e. The van der Waals surface area contributed by atoms with E-state index >= 15 is 0 Å². The van der Waals surface area contributed by atoms with Gasteiger partial charge in [-0.2, -0.15) is 13.2 Å². The van der Waals surface area contributed by atoms with Crippen LogP contribution in [0.3, 0.4) is 0 Å². The molecule has 0 aliphatic carbocycles. The second-order valence-electron chi connectivity index (χ2n) is 5.73. The first kappa shape index (κ1) is 16.4. The third-order valence-electron chi connectivity index (χ3n) is 2.67. The van der Waals surface area contributed by atoms with E-state index in [-0.39, 0.29) is 22.1 Å². The highest BCUT2D eigenvalue weighted by atomic mass is 32.2. The number of hydrogen-bond donors (Lipinski definition) is 1. The quantitative estimate of drug-likeness (QED) is 0.774. The fourth-order valence-corrected chi connectivity index (χ4v) is 2.17. The van der Waals surface area contributed by atoms with E-state index in [2.05, 4.69) is 20.8 Å². The van der Waals surface area contributed by atoms with E-state index in [1.54, 1.807) is 12.1 Å². The minimum atomic E-state index is -4.27. The zero-order valence-electron chi connectivity index (χ0n) is 11.3. The van der Waals surface area contributed by atoms with Crippen LogP contribution in [-0.2, 0) is 0 Å². The van der Waals surface area contributed by atoms with Gasteiger partial charge in [-0.15, -0.1) is 0 Å². The number of alkyl halides is 3. The van der Waals surface area contributed by atoms with Gasteiger partial charge in [-0.25, -0.2) is 0 Å². The molecule has 0 heterocycles. The SMILES string of the molecule is CC(C)(C)CCC(O)c1ccc(SC(F)(F)F)cc1. The lowest BCUT2D eigenvalue weighted by Crippen LogP contribution is -2.08. The maximum absolute atomic E-state index is 12.2. The molecule has 1 unspecified atom stereocenters. The Morgan fingerprint density at radius 3 is 2.05 bits per heavy atom. The van der Waals surface area contributed by atoms with Crippen molar-refractivity contribution in [2.75, 3.05) is 0 Å². The van der Waals surface area contributed by atoms with E-state index < -0.39 is 11.6 Å². The molecular formula is C14H19F3OS.